The van der Waals surface area contributed by atoms with Gasteiger partial charge < -0.3 is 24.5 Å². The molecule has 0 atom stereocenters. The molecule has 0 radical (unpaired) electrons. The van der Waals surface area contributed by atoms with Gasteiger partial charge in [0.25, 0.3) is 5.91 Å². The predicted octanol–water partition coefficient (Wildman–Crippen LogP) is 6.40. The Morgan fingerprint density at radius 3 is 1.85 bits per heavy atom. The van der Waals surface area contributed by atoms with Gasteiger partial charge in [0.1, 0.15) is 17.0 Å². The van der Waals surface area contributed by atoms with Crippen LogP contribution in [0.2, 0.25) is 0 Å². The van der Waals surface area contributed by atoms with Gasteiger partial charge in [-0.1, -0.05) is 30.3 Å². The fraction of sp³-hybridized carbons (Fsp3) is 0.424. The first-order chi connectivity index (χ1) is 19.0. The second kappa shape index (κ2) is 11.3. The molecule has 1 spiro atoms. The maximum absolute atomic E-state index is 14.1. The van der Waals surface area contributed by atoms with E-state index in [0.717, 1.165) is 90.6 Å². The summed E-state index contributed by atoms with van der Waals surface area (Å²) in [6, 6.07) is 21.0. The number of hydrogen-bond acceptors (Lipinski definition) is 5. The molecule has 1 N–H and O–H groups in total. The van der Waals surface area contributed by atoms with Gasteiger partial charge >= 0.3 is 0 Å². The first kappa shape index (κ1) is 27.1. The van der Waals surface area contributed by atoms with E-state index in [1.54, 1.807) is 0 Å². The van der Waals surface area contributed by atoms with Crippen molar-refractivity contribution in [1.82, 2.24) is 4.90 Å². The number of ether oxygens (including phenoxy) is 1. The lowest BCUT2D eigenvalue weighted by Crippen LogP contribution is -2.47. The molecule has 0 saturated heterocycles. The van der Waals surface area contributed by atoms with E-state index in [4.69, 9.17) is 4.74 Å². The maximum atomic E-state index is 14.1. The van der Waals surface area contributed by atoms with Crippen molar-refractivity contribution in [3.8, 4) is 11.5 Å². The number of amides is 1. The van der Waals surface area contributed by atoms with Crippen LogP contribution in [0.1, 0.15) is 74.0 Å². The third kappa shape index (κ3) is 4.35. The number of nitrogens with zero attached hydrogens (tertiary/aromatic N) is 3. The minimum atomic E-state index is -0.778. The number of anilines is 2. The third-order valence-electron chi connectivity index (χ3n) is 8.42. The minimum absolute atomic E-state index is 0.0500. The van der Waals surface area contributed by atoms with Gasteiger partial charge in [-0.05, 0) is 70.7 Å². The molecule has 0 saturated carbocycles. The number of carbonyl (C=O) groups excluding carboxylic acids is 1. The van der Waals surface area contributed by atoms with Gasteiger partial charge in [-0.2, -0.15) is 0 Å². The van der Waals surface area contributed by atoms with Crippen molar-refractivity contribution in [2.75, 3.05) is 49.1 Å². The van der Waals surface area contributed by atoms with E-state index >= 15 is 0 Å². The Labute approximate surface area is 232 Å². The summed E-state index contributed by atoms with van der Waals surface area (Å²) >= 11 is 0. The summed E-state index contributed by atoms with van der Waals surface area (Å²) in [6.07, 6.45) is 2.42. The lowest BCUT2D eigenvalue weighted by Gasteiger charge is -2.45. The van der Waals surface area contributed by atoms with Gasteiger partial charge in [-0.3, -0.25) is 4.79 Å². The molecule has 6 heteroatoms. The minimum Gasteiger partial charge on any atom is -0.456 e. The molecule has 206 valence electrons. The van der Waals surface area contributed by atoms with E-state index in [1.165, 1.54) is 0 Å². The lowest BCUT2D eigenvalue weighted by molar-refractivity contribution is 0.0660. The maximum Gasteiger partial charge on any atom is 0.255 e. The predicted molar refractivity (Wildman–Crippen MR) is 158 cm³/mol. The second-order valence-corrected chi connectivity index (χ2v) is 10.3. The second-order valence-electron chi connectivity index (χ2n) is 10.3. The van der Waals surface area contributed by atoms with E-state index in [2.05, 4.69) is 84.9 Å². The summed E-state index contributed by atoms with van der Waals surface area (Å²) in [6.45, 7) is 13.0. The smallest absolute Gasteiger partial charge is 0.255 e. The Morgan fingerprint density at radius 1 is 0.744 bits per heavy atom. The van der Waals surface area contributed by atoms with Crippen LogP contribution < -0.4 is 14.5 Å². The highest BCUT2D eigenvalue weighted by Crippen LogP contribution is 2.58. The van der Waals surface area contributed by atoms with Gasteiger partial charge in [0.2, 0.25) is 0 Å². The van der Waals surface area contributed by atoms with Crippen molar-refractivity contribution < 1.29 is 14.6 Å². The molecule has 2 aliphatic rings. The summed E-state index contributed by atoms with van der Waals surface area (Å²) in [5, 5.41) is 9.37. The molecule has 39 heavy (non-hydrogen) atoms. The molecule has 0 unspecified atom stereocenters. The lowest BCUT2D eigenvalue weighted by atomic mass is 9.74. The fourth-order valence-electron chi connectivity index (χ4n) is 6.46. The summed E-state index contributed by atoms with van der Waals surface area (Å²) in [4.78, 5) is 20.8. The van der Waals surface area contributed by atoms with E-state index < -0.39 is 5.54 Å². The molecule has 2 heterocycles. The number of aliphatic hydroxyl groups excluding tert-OH is 1. The van der Waals surface area contributed by atoms with Crippen LogP contribution in [-0.4, -0.2) is 55.2 Å². The first-order valence-corrected chi connectivity index (χ1v) is 14.5. The number of benzene rings is 3. The van der Waals surface area contributed by atoms with Gasteiger partial charge in [0.15, 0.2) is 0 Å². The van der Waals surface area contributed by atoms with Crippen molar-refractivity contribution in [2.24, 2.45) is 0 Å². The third-order valence-corrected chi connectivity index (χ3v) is 8.42. The van der Waals surface area contributed by atoms with Gasteiger partial charge in [-0.25, -0.2) is 0 Å². The molecule has 6 nitrogen and oxygen atoms in total. The quantitative estimate of drug-likeness (QED) is 0.293. The SMILES string of the molecule is CCN(CC)c1ccc2c(c1)Oc1cc(N(CC)CC)ccc1C21c2ccccc2C(=O)N1CCCCCO. The fourth-order valence-corrected chi connectivity index (χ4v) is 6.46. The van der Waals surface area contributed by atoms with Gasteiger partial charge in [-0.15, -0.1) is 0 Å². The Bertz CT molecular complexity index is 1270. The van der Waals surface area contributed by atoms with Crippen LogP contribution in [0.15, 0.2) is 60.7 Å². The van der Waals surface area contributed by atoms with Crippen LogP contribution in [0.3, 0.4) is 0 Å². The number of rotatable bonds is 11. The largest absolute Gasteiger partial charge is 0.456 e. The number of aliphatic hydroxyl groups is 1. The molecule has 3 aromatic rings. The highest BCUT2D eigenvalue weighted by Gasteiger charge is 2.56. The molecule has 3 aromatic carbocycles. The number of unbranched alkanes of at least 4 members (excludes halogenated alkanes) is 2. The van der Waals surface area contributed by atoms with Crippen LogP contribution in [0.5, 0.6) is 11.5 Å². The van der Waals surface area contributed by atoms with E-state index in [9.17, 15) is 9.90 Å². The molecular formula is C33H41N3O3. The average molecular weight is 528 g/mol. The molecule has 0 bridgehead atoms. The Morgan fingerprint density at radius 2 is 1.31 bits per heavy atom. The zero-order valence-electron chi connectivity index (χ0n) is 23.7. The van der Waals surface area contributed by atoms with Crippen molar-refractivity contribution in [1.29, 1.82) is 0 Å². The summed E-state index contributed by atoms with van der Waals surface area (Å²) in [5.74, 6) is 1.65. The van der Waals surface area contributed by atoms with Crippen LogP contribution in [0, 0.1) is 0 Å². The van der Waals surface area contributed by atoms with E-state index in [1.807, 2.05) is 18.2 Å². The molecule has 2 aliphatic heterocycles. The molecule has 0 fully saturated rings. The van der Waals surface area contributed by atoms with E-state index in [0.29, 0.717) is 6.54 Å². The summed E-state index contributed by atoms with van der Waals surface area (Å²) < 4.78 is 6.74. The number of fused-ring (bicyclic) bond motifs is 6. The molecule has 1 amide bonds. The van der Waals surface area contributed by atoms with Crippen molar-refractivity contribution >= 4 is 17.3 Å². The molecule has 0 aromatic heterocycles. The zero-order chi connectivity index (χ0) is 27.6. The van der Waals surface area contributed by atoms with Gasteiger partial charge in [0, 0.05) is 79.5 Å². The van der Waals surface area contributed by atoms with Crippen molar-refractivity contribution in [3.05, 3.63) is 82.9 Å². The first-order valence-electron chi connectivity index (χ1n) is 14.5. The standard InChI is InChI=1S/C33H41N3O3/c1-5-34(6-2)24-16-18-28-30(22-24)39-31-23-25(35(7-3)8-4)17-19-29(31)33(28)27-15-11-10-14-26(27)32(38)36(33)20-12-9-13-21-37/h10-11,14-19,22-23,37H,5-9,12-13,20-21H2,1-4H3. The molecular weight excluding hydrogens is 486 g/mol. The van der Waals surface area contributed by atoms with E-state index in [-0.39, 0.29) is 12.5 Å². The monoisotopic (exact) mass is 527 g/mol. The number of hydrogen-bond donors (Lipinski definition) is 1. The van der Waals surface area contributed by atoms with Crippen LogP contribution in [0.25, 0.3) is 0 Å². The topological polar surface area (TPSA) is 56.2 Å². The van der Waals surface area contributed by atoms with Crippen molar-refractivity contribution in [3.63, 3.8) is 0 Å². The molecule has 5 rings (SSSR count). The number of carbonyl (C=O) groups is 1. The van der Waals surface area contributed by atoms with Crippen LogP contribution in [-0.2, 0) is 5.54 Å². The highest BCUT2D eigenvalue weighted by molar-refractivity contribution is 6.02. The Hall–Kier alpha value is -3.51. The van der Waals surface area contributed by atoms with Crippen LogP contribution >= 0.6 is 0 Å². The summed E-state index contributed by atoms with van der Waals surface area (Å²) in [5.41, 5.74) is 5.21. The van der Waals surface area contributed by atoms with Crippen molar-refractivity contribution in [2.45, 2.75) is 52.5 Å². The van der Waals surface area contributed by atoms with Gasteiger partial charge in [0.05, 0.1) is 0 Å². The average Bonchev–Trinajstić information content (AvgIpc) is 3.20. The zero-order valence-corrected chi connectivity index (χ0v) is 23.7. The normalized spacial score (nSPS) is 14.6. The molecule has 0 aliphatic carbocycles. The highest BCUT2D eigenvalue weighted by atomic mass is 16.5. The van der Waals surface area contributed by atoms with Crippen LogP contribution in [0.4, 0.5) is 11.4 Å². The Kier molecular flexibility index (Phi) is 7.85. The Balaban J connectivity index is 1.77. The summed E-state index contributed by atoms with van der Waals surface area (Å²) in [7, 11) is 0.